The summed E-state index contributed by atoms with van der Waals surface area (Å²) in [7, 11) is 0. The fourth-order valence-corrected chi connectivity index (χ4v) is 2.84. The van der Waals surface area contributed by atoms with Crippen LogP contribution < -0.4 is 0 Å². The molecule has 140 valence electrons. The zero-order chi connectivity index (χ0) is 19.6. The highest BCUT2D eigenvalue weighted by Crippen LogP contribution is 2.28. The van der Waals surface area contributed by atoms with Crippen molar-refractivity contribution in [2.45, 2.75) is 20.3 Å². The molecule has 0 aliphatic heterocycles. The van der Waals surface area contributed by atoms with E-state index in [-0.39, 0.29) is 30.4 Å². The minimum absolute atomic E-state index is 0.0880. The van der Waals surface area contributed by atoms with Gasteiger partial charge in [0.05, 0.1) is 28.8 Å². The highest BCUT2D eigenvalue weighted by atomic mass is 19.1. The molecule has 7 nitrogen and oxygen atoms in total. The summed E-state index contributed by atoms with van der Waals surface area (Å²) in [6.07, 6.45) is -0.152. The summed E-state index contributed by atoms with van der Waals surface area (Å²) in [5.41, 5.74) is 2.10. The van der Waals surface area contributed by atoms with Crippen LogP contribution in [0.3, 0.4) is 0 Å². The Morgan fingerprint density at radius 3 is 2.59 bits per heavy atom. The van der Waals surface area contributed by atoms with Gasteiger partial charge < -0.3 is 14.5 Å². The van der Waals surface area contributed by atoms with Crippen LogP contribution in [0.15, 0.2) is 34.9 Å². The number of fused-ring (bicyclic) bond motifs is 1. The minimum atomic E-state index is -0.978. The highest BCUT2D eigenvalue weighted by Gasteiger charge is 2.23. The van der Waals surface area contributed by atoms with Crippen molar-refractivity contribution in [3.63, 3.8) is 0 Å². The van der Waals surface area contributed by atoms with E-state index in [0.29, 0.717) is 34.4 Å². The molecule has 0 spiro atoms. The monoisotopic (exact) mass is 371 g/mol. The molecule has 0 aliphatic rings. The van der Waals surface area contributed by atoms with Gasteiger partial charge >= 0.3 is 5.97 Å². The van der Waals surface area contributed by atoms with Crippen molar-refractivity contribution in [2.24, 2.45) is 0 Å². The SMILES string of the molecule is CCN(CCC(=O)O)C(=O)c1cc(-c2ccc(F)cc2)nc2onc(C)c12. The molecule has 8 heteroatoms. The average Bonchev–Trinajstić information content (AvgIpc) is 3.03. The largest absolute Gasteiger partial charge is 0.481 e. The van der Waals surface area contributed by atoms with Gasteiger partial charge in [-0.25, -0.2) is 9.37 Å². The lowest BCUT2D eigenvalue weighted by Crippen LogP contribution is -2.33. The average molecular weight is 371 g/mol. The van der Waals surface area contributed by atoms with Crippen molar-refractivity contribution in [1.82, 2.24) is 15.0 Å². The molecule has 0 saturated heterocycles. The normalized spacial score (nSPS) is 10.9. The molecular weight excluding hydrogens is 353 g/mol. The van der Waals surface area contributed by atoms with Crippen LogP contribution in [0, 0.1) is 12.7 Å². The molecule has 0 saturated carbocycles. The van der Waals surface area contributed by atoms with Crippen LogP contribution in [-0.2, 0) is 4.79 Å². The van der Waals surface area contributed by atoms with Crippen LogP contribution in [0.4, 0.5) is 4.39 Å². The molecule has 3 rings (SSSR count). The summed E-state index contributed by atoms with van der Waals surface area (Å²) in [6, 6.07) is 7.33. The third-order valence-corrected chi connectivity index (χ3v) is 4.25. The van der Waals surface area contributed by atoms with E-state index in [4.69, 9.17) is 9.63 Å². The number of aryl methyl sites for hydroxylation is 1. The Morgan fingerprint density at radius 1 is 1.26 bits per heavy atom. The zero-order valence-corrected chi connectivity index (χ0v) is 14.9. The number of benzene rings is 1. The van der Waals surface area contributed by atoms with E-state index >= 15 is 0 Å². The summed E-state index contributed by atoms with van der Waals surface area (Å²) in [5.74, 6) is -1.69. The van der Waals surface area contributed by atoms with Crippen molar-refractivity contribution in [3.05, 3.63) is 47.4 Å². The zero-order valence-electron chi connectivity index (χ0n) is 14.9. The standard InChI is InChI=1S/C19H18FN3O4/c1-3-23(9-8-16(24)25)19(26)14-10-15(12-4-6-13(20)7-5-12)21-18-17(14)11(2)22-27-18/h4-7,10H,3,8-9H2,1-2H3,(H,24,25). The molecule has 0 bridgehead atoms. The molecule has 1 N–H and O–H groups in total. The molecule has 27 heavy (non-hydrogen) atoms. The maximum Gasteiger partial charge on any atom is 0.305 e. The van der Waals surface area contributed by atoms with E-state index < -0.39 is 5.97 Å². The third kappa shape index (κ3) is 3.79. The van der Waals surface area contributed by atoms with Gasteiger partial charge in [-0.3, -0.25) is 9.59 Å². The second-order valence-corrected chi connectivity index (χ2v) is 6.04. The number of hydrogen-bond donors (Lipinski definition) is 1. The number of carbonyl (C=O) groups excluding carboxylic acids is 1. The number of halogens is 1. The number of rotatable bonds is 6. The molecule has 0 aliphatic carbocycles. The number of aromatic nitrogens is 2. The molecule has 0 unspecified atom stereocenters. The molecule has 0 atom stereocenters. The van der Waals surface area contributed by atoms with Crippen LogP contribution in [0.25, 0.3) is 22.4 Å². The van der Waals surface area contributed by atoms with E-state index in [0.717, 1.165) is 0 Å². The molecule has 0 fully saturated rings. The summed E-state index contributed by atoms with van der Waals surface area (Å²) in [4.78, 5) is 29.8. The van der Waals surface area contributed by atoms with Crippen LogP contribution in [0.5, 0.6) is 0 Å². The van der Waals surface area contributed by atoms with Crippen molar-refractivity contribution in [3.8, 4) is 11.3 Å². The van der Waals surface area contributed by atoms with Crippen LogP contribution in [0.2, 0.25) is 0 Å². The molecule has 0 radical (unpaired) electrons. The predicted octanol–water partition coefficient (Wildman–Crippen LogP) is 3.27. The number of nitrogens with zero attached hydrogens (tertiary/aromatic N) is 3. The molecule has 3 aromatic rings. The van der Waals surface area contributed by atoms with Gasteiger partial charge in [0.15, 0.2) is 0 Å². The second kappa shape index (κ2) is 7.53. The highest BCUT2D eigenvalue weighted by molar-refractivity contribution is 6.07. The summed E-state index contributed by atoms with van der Waals surface area (Å²) in [5, 5.41) is 13.3. The lowest BCUT2D eigenvalue weighted by atomic mass is 10.0. The maximum absolute atomic E-state index is 13.2. The predicted molar refractivity (Wildman–Crippen MR) is 95.8 cm³/mol. The number of carbonyl (C=O) groups is 2. The van der Waals surface area contributed by atoms with Gasteiger partial charge in [-0.2, -0.15) is 0 Å². The fraction of sp³-hybridized carbons (Fsp3) is 0.263. The third-order valence-electron chi connectivity index (χ3n) is 4.25. The Morgan fingerprint density at radius 2 is 1.96 bits per heavy atom. The van der Waals surface area contributed by atoms with E-state index in [1.165, 1.54) is 17.0 Å². The van der Waals surface area contributed by atoms with Crippen LogP contribution in [-0.4, -0.2) is 45.1 Å². The van der Waals surface area contributed by atoms with Gasteiger partial charge in [-0.05, 0) is 44.2 Å². The Kier molecular flexibility index (Phi) is 5.16. The van der Waals surface area contributed by atoms with E-state index in [9.17, 15) is 14.0 Å². The Labute approximate surface area is 154 Å². The van der Waals surface area contributed by atoms with Gasteiger partial charge in [-0.15, -0.1) is 0 Å². The van der Waals surface area contributed by atoms with Gasteiger partial charge in [0.1, 0.15) is 5.82 Å². The smallest absolute Gasteiger partial charge is 0.305 e. The van der Waals surface area contributed by atoms with Gasteiger partial charge in [0.25, 0.3) is 11.6 Å². The number of carboxylic acids is 1. The molecule has 1 aromatic carbocycles. The van der Waals surface area contributed by atoms with Crippen LogP contribution in [0.1, 0.15) is 29.4 Å². The quantitative estimate of drug-likeness (QED) is 0.714. The molecule has 2 heterocycles. The summed E-state index contributed by atoms with van der Waals surface area (Å²) in [6.45, 7) is 3.92. The Hall–Kier alpha value is -3.29. The second-order valence-electron chi connectivity index (χ2n) is 6.04. The van der Waals surface area contributed by atoms with Crippen molar-refractivity contribution >= 4 is 23.0 Å². The summed E-state index contributed by atoms with van der Waals surface area (Å²) < 4.78 is 18.4. The first kappa shape index (κ1) is 18.5. The number of amides is 1. The fourth-order valence-electron chi connectivity index (χ4n) is 2.84. The Balaban J connectivity index is 2.09. The number of aliphatic carboxylic acids is 1. The number of hydrogen-bond acceptors (Lipinski definition) is 5. The van der Waals surface area contributed by atoms with Crippen molar-refractivity contribution in [2.75, 3.05) is 13.1 Å². The van der Waals surface area contributed by atoms with E-state index in [1.807, 2.05) is 0 Å². The first-order chi connectivity index (χ1) is 12.9. The summed E-state index contributed by atoms with van der Waals surface area (Å²) >= 11 is 0. The first-order valence-electron chi connectivity index (χ1n) is 8.44. The topological polar surface area (TPSA) is 96.5 Å². The van der Waals surface area contributed by atoms with E-state index in [2.05, 4.69) is 10.1 Å². The number of pyridine rings is 1. The molecular formula is C19H18FN3O4. The van der Waals surface area contributed by atoms with E-state index in [1.54, 1.807) is 32.0 Å². The maximum atomic E-state index is 13.2. The number of carboxylic acid groups (broad SMARTS) is 1. The Bertz CT molecular complexity index is 998. The molecule has 2 aromatic heterocycles. The van der Waals surface area contributed by atoms with Gasteiger partial charge in [-0.1, -0.05) is 5.16 Å². The lowest BCUT2D eigenvalue weighted by Gasteiger charge is -2.20. The van der Waals surface area contributed by atoms with Crippen molar-refractivity contribution in [1.29, 1.82) is 0 Å². The van der Waals surface area contributed by atoms with Gasteiger partial charge in [0.2, 0.25) is 0 Å². The van der Waals surface area contributed by atoms with Gasteiger partial charge in [0, 0.05) is 18.7 Å². The minimum Gasteiger partial charge on any atom is -0.481 e. The van der Waals surface area contributed by atoms with Crippen LogP contribution >= 0.6 is 0 Å². The molecule has 1 amide bonds. The van der Waals surface area contributed by atoms with Crippen molar-refractivity contribution < 1.29 is 23.6 Å². The first-order valence-corrected chi connectivity index (χ1v) is 8.44. The lowest BCUT2D eigenvalue weighted by molar-refractivity contribution is -0.137.